The lowest BCUT2D eigenvalue weighted by Gasteiger charge is -1.94. The molecule has 0 N–H and O–H groups in total. The topological polar surface area (TPSA) is 9.23 Å². The molecule has 1 aromatic rings. The first-order valence-corrected chi connectivity index (χ1v) is 3.54. The average Bonchev–Trinajstić information content (AvgIpc) is 2.03. The van der Waals surface area contributed by atoms with Gasteiger partial charge in [0.1, 0.15) is 5.75 Å². The maximum atomic E-state index is 9.75. The lowest BCUT2D eigenvalue weighted by molar-refractivity contribution is 0.368. The summed E-state index contributed by atoms with van der Waals surface area (Å²) in [6.07, 6.45) is 0. The van der Waals surface area contributed by atoms with Gasteiger partial charge in [0.2, 0.25) is 0 Å². The van der Waals surface area contributed by atoms with Crippen LogP contribution in [0.5, 0.6) is 5.75 Å². The van der Waals surface area contributed by atoms with E-state index in [1.165, 1.54) is 0 Å². The summed E-state index contributed by atoms with van der Waals surface area (Å²) in [5.74, 6) is 0.774. The molecule has 0 aromatic heterocycles. The van der Waals surface area contributed by atoms with Crippen LogP contribution in [0.1, 0.15) is 0 Å². The Hall–Kier alpha value is -0.845. The van der Waals surface area contributed by atoms with Gasteiger partial charge in [-0.15, -0.1) is 0 Å². The van der Waals surface area contributed by atoms with Crippen LogP contribution in [0.2, 0.25) is 0 Å². The van der Waals surface area contributed by atoms with Gasteiger partial charge in [0, 0.05) is 12.9 Å². The minimum atomic E-state index is -6.00. The third-order valence-electron chi connectivity index (χ3n) is 0.849. The van der Waals surface area contributed by atoms with Crippen molar-refractivity contribution in [3.8, 4) is 5.75 Å². The molecule has 0 aliphatic carbocycles. The molecule has 1 rings (SSSR count). The molecule has 1 aromatic carbocycles. The van der Waals surface area contributed by atoms with Gasteiger partial charge in [0.05, 0.1) is 0 Å². The fourth-order valence-corrected chi connectivity index (χ4v) is 0.603. The van der Waals surface area contributed by atoms with Crippen LogP contribution in [0.4, 0.5) is 17.3 Å². The van der Waals surface area contributed by atoms with E-state index in [-0.39, 0.29) is 0 Å². The van der Waals surface area contributed by atoms with Crippen molar-refractivity contribution in [2.75, 3.05) is 0 Å². The molecule has 0 aliphatic rings. The van der Waals surface area contributed by atoms with Crippen molar-refractivity contribution in [3.05, 3.63) is 30.3 Å². The lowest BCUT2D eigenvalue weighted by Crippen LogP contribution is -2.02. The number of halogens is 4. The summed E-state index contributed by atoms with van der Waals surface area (Å²) in [6, 6.07) is 9.40. The van der Waals surface area contributed by atoms with Gasteiger partial charge in [-0.25, -0.2) is 0 Å². The molecule has 0 unspecified atom stereocenters. The Morgan fingerprint density at radius 2 is 1.38 bits per heavy atom. The zero-order valence-corrected chi connectivity index (χ0v) is 7.23. The second-order valence-corrected chi connectivity index (χ2v) is 2.08. The predicted octanol–water partition coefficient (Wildman–Crippen LogP) is 3.21. The first-order valence-electron chi connectivity index (χ1n) is 3.17. The van der Waals surface area contributed by atoms with Crippen molar-refractivity contribution in [2.45, 2.75) is 0 Å². The van der Waals surface area contributed by atoms with Crippen LogP contribution in [-0.4, -0.2) is 7.25 Å². The maximum Gasteiger partial charge on any atom is 0.673 e. The van der Waals surface area contributed by atoms with Gasteiger partial charge in [0.15, 0.2) is 0 Å². The van der Waals surface area contributed by atoms with Crippen molar-refractivity contribution in [1.82, 2.24) is 0 Å². The fraction of sp³-hybridized carbons (Fsp3) is 0. The zero-order chi connectivity index (χ0) is 10.3. The number of rotatable bonds is 1. The van der Waals surface area contributed by atoms with Gasteiger partial charge in [-0.05, 0) is 12.1 Å². The number of para-hydroxylation sites is 1. The van der Waals surface area contributed by atoms with Gasteiger partial charge < -0.3 is 21.4 Å². The van der Waals surface area contributed by atoms with Gasteiger partial charge in [-0.1, -0.05) is 18.2 Å². The van der Waals surface area contributed by atoms with E-state index < -0.39 is 7.25 Å². The van der Waals surface area contributed by atoms with Gasteiger partial charge in [0.25, 0.3) is 0 Å². The minimum Gasteiger partial charge on any atom is -0.429 e. The van der Waals surface area contributed by atoms with E-state index in [1.54, 1.807) is 0 Å². The summed E-state index contributed by atoms with van der Waals surface area (Å²) in [7, 11) is -6.00. The highest BCUT2D eigenvalue weighted by molar-refractivity contribution is 7.75. The third-order valence-corrected chi connectivity index (χ3v) is 1.06. The Morgan fingerprint density at radius 1 is 1.00 bits per heavy atom. The minimum absolute atomic E-state index is 0.774. The molecule has 0 atom stereocenters. The molecule has 1 nitrogen and oxygen atoms in total. The molecule has 0 saturated heterocycles. The molecular formula is C6H6BF4OS-. The number of hydrogen-bond donors (Lipinski definition) is 1. The molecule has 74 valence electrons. The Balaban J connectivity index is 0.000000252. The smallest absolute Gasteiger partial charge is 0.429 e. The monoisotopic (exact) mass is 213 g/mol. The van der Waals surface area contributed by atoms with E-state index in [0.29, 0.717) is 0 Å². The molecule has 0 saturated carbocycles. The number of benzene rings is 1. The molecule has 0 bridgehead atoms. The number of hydrogen-bond acceptors (Lipinski definition) is 2. The molecular weight excluding hydrogens is 207 g/mol. The van der Waals surface area contributed by atoms with Crippen LogP contribution in [0.3, 0.4) is 0 Å². The van der Waals surface area contributed by atoms with Crippen LogP contribution >= 0.6 is 12.9 Å². The molecule has 0 amide bonds. The summed E-state index contributed by atoms with van der Waals surface area (Å²) in [4.78, 5) is 0. The Labute approximate surface area is 78.4 Å². The summed E-state index contributed by atoms with van der Waals surface area (Å²) < 4.78 is 43.6. The summed E-state index contributed by atoms with van der Waals surface area (Å²) >= 11 is 3.61. The zero-order valence-electron chi connectivity index (χ0n) is 6.33. The first kappa shape index (κ1) is 12.2. The normalized spacial score (nSPS) is 9.92. The predicted molar refractivity (Wildman–Crippen MR) is 46.2 cm³/mol. The average molecular weight is 213 g/mol. The second kappa shape index (κ2) is 5.74. The van der Waals surface area contributed by atoms with Crippen molar-refractivity contribution in [1.29, 1.82) is 0 Å². The molecule has 0 fully saturated rings. The van der Waals surface area contributed by atoms with Gasteiger partial charge in [-0.2, -0.15) is 0 Å². The van der Waals surface area contributed by atoms with Gasteiger partial charge >= 0.3 is 7.25 Å². The Bertz CT molecular complexity index is 222. The highest BCUT2D eigenvalue weighted by atomic mass is 32.1. The van der Waals surface area contributed by atoms with Crippen LogP contribution < -0.4 is 4.18 Å². The van der Waals surface area contributed by atoms with Crippen LogP contribution in [-0.2, 0) is 0 Å². The standard InChI is InChI=1S/C6H6OS.BF4/c8-7-6-4-2-1-3-5-6;2-1(3,4)5/h1-5,8H;/q;-1. The quantitative estimate of drug-likeness (QED) is 0.326. The van der Waals surface area contributed by atoms with Crippen LogP contribution in [0.25, 0.3) is 0 Å². The van der Waals surface area contributed by atoms with Crippen molar-refractivity contribution in [2.24, 2.45) is 0 Å². The highest BCUT2D eigenvalue weighted by Gasteiger charge is 2.20. The highest BCUT2D eigenvalue weighted by Crippen LogP contribution is 2.08. The summed E-state index contributed by atoms with van der Waals surface area (Å²) in [6.45, 7) is 0. The fourth-order valence-electron chi connectivity index (χ4n) is 0.481. The first-order chi connectivity index (χ1) is 5.93. The summed E-state index contributed by atoms with van der Waals surface area (Å²) in [5, 5.41) is 0. The lowest BCUT2D eigenvalue weighted by atomic mass is 10.3. The van der Waals surface area contributed by atoms with E-state index in [1.807, 2.05) is 30.3 Å². The Kier molecular flexibility index (Phi) is 5.37. The van der Waals surface area contributed by atoms with E-state index >= 15 is 0 Å². The molecule has 0 radical (unpaired) electrons. The molecule has 0 spiro atoms. The van der Waals surface area contributed by atoms with E-state index in [0.717, 1.165) is 5.75 Å². The summed E-state index contributed by atoms with van der Waals surface area (Å²) in [5.41, 5.74) is 0. The molecule has 0 heterocycles. The van der Waals surface area contributed by atoms with Crippen molar-refractivity contribution < 1.29 is 21.4 Å². The van der Waals surface area contributed by atoms with Crippen LogP contribution in [0, 0.1) is 0 Å². The number of thiol groups is 1. The third kappa shape index (κ3) is 11.2. The Morgan fingerprint density at radius 3 is 1.62 bits per heavy atom. The van der Waals surface area contributed by atoms with Crippen molar-refractivity contribution in [3.63, 3.8) is 0 Å². The van der Waals surface area contributed by atoms with E-state index in [4.69, 9.17) is 0 Å². The van der Waals surface area contributed by atoms with E-state index in [2.05, 4.69) is 17.1 Å². The second-order valence-electron chi connectivity index (χ2n) is 1.90. The molecule has 0 aliphatic heterocycles. The van der Waals surface area contributed by atoms with Crippen LogP contribution in [0.15, 0.2) is 30.3 Å². The van der Waals surface area contributed by atoms with Crippen molar-refractivity contribution >= 4 is 20.2 Å². The largest absolute Gasteiger partial charge is 0.673 e. The SMILES string of the molecule is F[B-](F)(F)F.SOc1ccccc1. The molecule has 13 heavy (non-hydrogen) atoms. The van der Waals surface area contributed by atoms with Gasteiger partial charge in [-0.3, -0.25) is 0 Å². The molecule has 7 heteroatoms. The van der Waals surface area contributed by atoms with E-state index in [9.17, 15) is 17.3 Å². The maximum absolute atomic E-state index is 9.75.